The van der Waals surface area contributed by atoms with Crippen molar-refractivity contribution < 1.29 is 0 Å². The lowest BCUT2D eigenvalue weighted by Gasteiger charge is -1.99. The molecule has 0 aliphatic carbocycles. The topological polar surface area (TPSA) is 28.7 Å². The van der Waals surface area contributed by atoms with Crippen LogP contribution in [0.2, 0.25) is 10.0 Å². The second kappa shape index (κ2) is 4.57. The standard InChI is InChI=1S/C13H7BrCl2N2/c14-9-3-1-7(5-10(9)16)13-17-11-4-2-8(15)6-12(11)18-13/h1-6H,(H,17,18). The third kappa shape index (κ3) is 2.14. The summed E-state index contributed by atoms with van der Waals surface area (Å²) in [4.78, 5) is 7.74. The number of hydrogen-bond donors (Lipinski definition) is 1. The van der Waals surface area contributed by atoms with E-state index >= 15 is 0 Å². The van der Waals surface area contributed by atoms with Crippen LogP contribution >= 0.6 is 39.1 Å². The highest BCUT2D eigenvalue weighted by atomic mass is 79.9. The van der Waals surface area contributed by atoms with Crippen LogP contribution < -0.4 is 0 Å². The lowest BCUT2D eigenvalue weighted by molar-refractivity contribution is 1.33. The number of benzene rings is 2. The Morgan fingerprint density at radius 3 is 2.67 bits per heavy atom. The van der Waals surface area contributed by atoms with E-state index in [-0.39, 0.29) is 0 Å². The van der Waals surface area contributed by atoms with E-state index in [0.717, 1.165) is 26.9 Å². The number of aromatic amines is 1. The van der Waals surface area contributed by atoms with Gasteiger partial charge < -0.3 is 4.98 Å². The highest BCUT2D eigenvalue weighted by Gasteiger charge is 2.07. The Morgan fingerprint density at radius 2 is 1.89 bits per heavy atom. The Balaban J connectivity index is 2.16. The molecule has 0 fully saturated rings. The van der Waals surface area contributed by atoms with Crippen LogP contribution in [0.4, 0.5) is 0 Å². The minimum Gasteiger partial charge on any atom is -0.338 e. The van der Waals surface area contributed by atoms with E-state index in [1.807, 2.05) is 36.4 Å². The van der Waals surface area contributed by atoms with Crippen molar-refractivity contribution in [1.29, 1.82) is 0 Å². The maximum absolute atomic E-state index is 6.08. The summed E-state index contributed by atoms with van der Waals surface area (Å²) >= 11 is 15.4. The second-order valence-corrected chi connectivity index (χ2v) is 5.57. The van der Waals surface area contributed by atoms with Crippen LogP contribution in [0.15, 0.2) is 40.9 Å². The quantitative estimate of drug-likeness (QED) is 0.639. The Bertz CT molecular complexity index is 737. The van der Waals surface area contributed by atoms with Gasteiger partial charge in [0.15, 0.2) is 0 Å². The van der Waals surface area contributed by atoms with Gasteiger partial charge in [-0.25, -0.2) is 4.98 Å². The molecule has 5 heteroatoms. The van der Waals surface area contributed by atoms with Crippen LogP contribution in [-0.4, -0.2) is 9.97 Å². The van der Waals surface area contributed by atoms with Gasteiger partial charge in [-0.1, -0.05) is 29.3 Å². The van der Waals surface area contributed by atoms with Crippen molar-refractivity contribution in [2.75, 3.05) is 0 Å². The number of nitrogens with zero attached hydrogens (tertiary/aromatic N) is 1. The molecule has 2 aromatic carbocycles. The average molecular weight is 342 g/mol. The molecular weight excluding hydrogens is 335 g/mol. The Hall–Kier alpha value is -1.03. The highest BCUT2D eigenvalue weighted by Crippen LogP contribution is 2.29. The first-order valence-corrected chi connectivity index (χ1v) is 6.79. The number of H-pyrrole nitrogens is 1. The first-order valence-electron chi connectivity index (χ1n) is 5.24. The molecule has 0 amide bonds. The molecule has 0 spiro atoms. The third-order valence-corrected chi connectivity index (χ3v) is 4.10. The van der Waals surface area contributed by atoms with Gasteiger partial charge in [0.25, 0.3) is 0 Å². The maximum Gasteiger partial charge on any atom is 0.138 e. The fourth-order valence-electron chi connectivity index (χ4n) is 1.76. The molecule has 2 nitrogen and oxygen atoms in total. The molecule has 0 atom stereocenters. The number of aromatic nitrogens is 2. The van der Waals surface area contributed by atoms with E-state index in [4.69, 9.17) is 23.2 Å². The molecule has 0 saturated carbocycles. The van der Waals surface area contributed by atoms with Crippen molar-refractivity contribution in [3.8, 4) is 11.4 Å². The van der Waals surface area contributed by atoms with Gasteiger partial charge in [0, 0.05) is 15.1 Å². The monoisotopic (exact) mass is 340 g/mol. The van der Waals surface area contributed by atoms with Crippen LogP contribution in [0.5, 0.6) is 0 Å². The fourth-order valence-corrected chi connectivity index (χ4v) is 2.36. The van der Waals surface area contributed by atoms with Gasteiger partial charge in [-0.2, -0.15) is 0 Å². The molecule has 18 heavy (non-hydrogen) atoms. The van der Waals surface area contributed by atoms with Gasteiger partial charge in [-0.3, -0.25) is 0 Å². The summed E-state index contributed by atoms with van der Waals surface area (Å²) in [6.45, 7) is 0. The van der Waals surface area contributed by atoms with E-state index in [9.17, 15) is 0 Å². The maximum atomic E-state index is 6.08. The predicted molar refractivity (Wildman–Crippen MR) is 79.2 cm³/mol. The van der Waals surface area contributed by atoms with Gasteiger partial charge >= 0.3 is 0 Å². The molecule has 3 aromatic rings. The molecular formula is C13H7BrCl2N2. The highest BCUT2D eigenvalue weighted by molar-refractivity contribution is 9.10. The Labute approximate surface area is 122 Å². The van der Waals surface area contributed by atoms with Crippen molar-refractivity contribution in [2.24, 2.45) is 0 Å². The molecule has 0 unspecified atom stereocenters. The first kappa shape index (κ1) is 12.0. The largest absolute Gasteiger partial charge is 0.338 e. The number of fused-ring (bicyclic) bond motifs is 1. The van der Waals surface area contributed by atoms with Crippen molar-refractivity contribution in [3.63, 3.8) is 0 Å². The van der Waals surface area contributed by atoms with Gasteiger partial charge in [0.1, 0.15) is 5.82 Å². The SMILES string of the molecule is Clc1ccc2nc(-c3ccc(Br)c(Cl)c3)[nH]c2c1. The lowest BCUT2D eigenvalue weighted by atomic mass is 10.2. The molecule has 0 aliphatic rings. The molecule has 0 radical (unpaired) electrons. The smallest absolute Gasteiger partial charge is 0.138 e. The molecule has 3 rings (SSSR count). The Kier molecular flexibility index (Phi) is 3.06. The summed E-state index contributed by atoms with van der Waals surface area (Å²) in [7, 11) is 0. The molecule has 1 aromatic heterocycles. The van der Waals surface area contributed by atoms with Crippen molar-refractivity contribution >= 4 is 50.2 Å². The van der Waals surface area contributed by atoms with Gasteiger partial charge in [-0.05, 0) is 46.3 Å². The van der Waals surface area contributed by atoms with E-state index in [0.29, 0.717) is 10.0 Å². The lowest BCUT2D eigenvalue weighted by Crippen LogP contribution is -1.80. The first-order chi connectivity index (χ1) is 8.63. The van der Waals surface area contributed by atoms with Gasteiger partial charge in [0.2, 0.25) is 0 Å². The average Bonchev–Trinajstić information content (AvgIpc) is 2.75. The van der Waals surface area contributed by atoms with Gasteiger partial charge in [-0.15, -0.1) is 0 Å². The summed E-state index contributed by atoms with van der Waals surface area (Å²) in [5.74, 6) is 0.779. The van der Waals surface area contributed by atoms with Crippen molar-refractivity contribution in [2.45, 2.75) is 0 Å². The predicted octanol–water partition coefficient (Wildman–Crippen LogP) is 5.30. The molecule has 0 saturated heterocycles. The summed E-state index contributed by atoms with van der Waals surface area (Å²) < 4.78 is 0.868. The number of rotatable bonds is 1. The minimum absolute atomic E-state index is 0.658. The van der Waals surface area contributed by atoms with Crippen molar-refractivity contribution in [1.82, 2.24) is 9.97 Å². The van der Waals surface area contributed by atoms with Crippen LogP contribution in [0, 0.1) is 0 Å². The van der Waals surface area contributed by atoms with Crippen LogP contribution in [0.1, 0.15) is 0 Å². The molecule has 0 aliphatic heterocycles. The van der Waals surface area contributed by atoms with Crippen LogP contribution in [0.25, 0.3) is 22.4 Å². The zero-order valence-corrected chi connectivity index (χ0v) is 12.1. The Morgan fingerprint density at radius 1 is 1.06 bits per heavy atom. The zero-order chi connectivity index (χ0) is 12.7. The molecule has 0 bridgehead atoms. The summed E-state index contributed by atoms with van der Waals surface area (Å²) in [5, 5.41) is 1.34. The van der Waals surface area contributed by atoms with E-state index in [2.05, 4.69) is 25.9 Å². The second-order valence-electron chi connectivity index (χ2n) is 3.88. The summed E-state index contributed by atoms with van der Waals surface area (Å²) in [5.41, 5.74) is 2.74. The van der Waals surface area contributed by atoms with E-state index in [1.54, 1.807) is 0 Å². The normalized spacial score (nSPS) is 11.1. The number of halogens is 3. The number of imidazole rings is 1. The molecule has 1 N–H and O–H groups in total. The third-order valence-electron chi connectivity index (χ3n) is 2.64. The summed E-state index contributed by atoms with van der Waals surface area (Å²) in [6, 6.07) is 11.3. The van der Waals surface area contributed by atoms with Crippen LogP contribution in [-0.2, 0) is 0 Å². The van der Waals surface area contributed by atoms with Crippen LogP contribution in [0.3, 0.4) is 0 Å². The number of nitrogens with one attached hydrogen (secondary N) is 1. The zero-order valence-electron chi connectivity index (χ0n) is 9.05. The number of hydrogen-bond acceptors (Lipinski definition) is 1. The van der Waals surface area contributed by atoms with Gasteiger partial charge in [0.05, 0.1) is 16.1 Å². The summed E-state index contributed by atoms with van der Waals surface area (Å²) in [6.07, 6.45) is 0. The fraction of sp³-hybridized carbons (Fsp3) is 0. The molecule has 90 valence electrons. The van der Waals surface area contributed by atoms with E-state index in [1.165, 1.54) is 0 Å². The van der Waals surface area contributed by atoms with E-state index < -0.39 is 0 Å². The van der Waals surface area contributed by atoms with Crippen molar-refractivity contribution in [3.05, 3.63) is 50.9 Å². The minimum atomic E-state index is 0.658. The molecule has 1 heterocycles.